The molecule has 0 spiro atoms. The minimum atomic E-state index is -1.17. The number of carbonyl (C=O) groups excluding carboxylic acids is 1. The van der Waals surface area contributed by atoms with E-state index in [1.165, 1.54) is 6.08 Å². The van der Waals surface area contributed by atoms with Crippen LogP contribution in [0, 0.1) is 0 Å². The van der Waals surface area contributed by atoms with Crippen molar-refractivity contribution in [1.29, 1.82) is 0 Å². The molecule has 1 aromatic carbocycles. The summed E-state index contributed by atoms with van der Waals surface area (Å²) < 4.78 is 10.7. The van der Waals surface area contributed by atoms with Crippen LogP contribution in [0.3, 0.4) is 0 Å². The first-order valence-corrected chi connectivity index (χ1v) is 8.14. The molecule has 138 valence electrons. The maximum atomic E-state index is 12.1. The van der Waals surface area contributed by atoms with E-state index in [-0.39, 0.29) is 18.6 Å². The zero-order valence-electron chi connectivity index (χ0n) is 15.2. The van der Waals surface area contributed by atoms with Gasteiger partial charge in [-0.05, 0) is 30.0 Å². The summed E-state index contributed by atoms with van der Waals surface area (Å²) in [6.45, 7) is 11.5. The Bertz CT molecular complexity index is 589. The molecule has 2 unspecified atom stereocenters. The van der Waals surface area contributed by atoms with Gasteiger partial charge in [-0.15, -0.1) is 6.58 Å². The van der Waals surface area contributed by atoms with Crippen molar-refractivity contribution in [1.82, 2.24) is 5.32 Å². The number of carboxylic acid groups (broad SMARTS) is 1. The first kappa shape index (κ1) is 20.7. The molecule has 2 N–H and O–H groups in total. The molecule has 0 aliphatic rings. The van der Waals surface area contributed by atoms with Gasteiger partial charge in [0.2, 0.25) is 0 Å². The van der Waals surface area contributed by atoms with Crippen LogP contribution in [0.5, 0.6) is 5.75 Å². The Balaban J connectivity index is 2.63. The molecule has 0 heterocycles. The average Bonchev–Trinajstić information content (AvgIpc) is 2.53. The molecule has 2 atom stereocenters. The SMILES string of the molecule is C=CCOCC(NC(=O)C(C)Oc1ccc(C(C)(C)C)cc1)C(=O)O. The Hall–Kier alpha value is -2.34. The minimum absolute atomic E-state index is 0.0294. The van der Waals surface area contributed by atoms with Crippen LogP contribution in [-0.4, -0.2) is 42.3 Å². The van der Waals surface area contributed by atoms with E-state index in [9.17, 15) is 9.59 Å². The second kappa shape index (κ2) is 9.22. The molecule has 0 saturated carbocycles. The fourth-order valence-corrected chi connectivity index (χ4v) is 2.02. The smallest absolute Gasteiger partial charge is 0.328 e. The molecule has 0 saturated heterocycles. The molecular weight excluding hydrogens is 322 g/mol. The average molecular weight is 349 g/mol. The lowest BCUT2D eigenvalue weighted by Gasteiger charge is -2.21. The molecule has 6 heteroatoms. The van der Waals surface area contributed by atoms with Gasteiger partial charge in [0.15, 0.2) is 12.1 Å². The fourth-order valence-electron chi connectivity index (χ4n) is 2.02. The number of aliphatic carboxylic acids is 1. The monoisotopic (exact) mass is 349 g/mol. The summed E-state index contributed by atoms with van der Waals surface area (Å²) in [4.78, 5) is 23.3. The summed E-state index contributed by atoms with van der Waals surface area (Å²) in [6.07, 6.45) is 0.676. The van der Waals surface area contributed by atoms with Crippen molar-refractivity contribution in [3.05, 3.63) is 42.5 Å². The number of carboxylic acids is 1. The van der Waals surface area contributed by atoms with Crippen LogP contribution in [-0.2, 0) is 19.7 Å². The summed E-state index contributed by atoms with van der Waals surface area (Å²) in [5.41, 5.74) is 1.18. The zero-order chi connectivity index (χ0) is 19.0. The summed E-state index contributed by atoms with van der Waals surface area (Å²) >= 11 is 0. The van der Waals surface area contributed by atoms with Gasteiger partial charge in [-0.3, -0.25) is 4.79 Å². The van der Waals surface area contributed by atoms with E-state index in [1.54, 1.807) is 19.1 Å². The predicted molar refractivity (Wildman–Crippen MR) is 95.8 cm³/mol. The number of rotatable bonds is 9. The Morgan fingerprint density at radius 2 is 1.88 bits per heavy atom. The molecule has 1 amide bonds. The molecule has 1 rings (SSSR count). The summed E-state index contributed by atoms with van der Waals surface area (Å²) in [7, 11) is 0. The van der Waals surface area contributed by atoms with E-state index in [4.69, 9.17) is 14.6 Å². The molecular formula is C19H27NO5. The summed E-state index contributed by atoms with van der Waals surface area (Å²) in [6, 6.07) is 6.35. The van der Waals surface area contributed by atoms with Crippen LogP contribution in [0.4, 0.5) is 0 Å². The van der Waals surface area contributed by atoms with Crippen LogP contribution in [0.1, 0.15) is 33.3 Å². The molecule has 0 fully saturated rings. The van der Waals surface area contributed by atoms with Crippen molar-refractivity contribution in [2.24, 2.45) is 0 Å². The number of nitrogens with one attached hydrogen (secondary N) is 1. The fraction of sp³-hybridized carbons (Fsp3) is 0.474. The Morgan fingerprint density at radius 1 is 1.28 bits per heavy atom. The summed E-state index contributed by atoms with van der Waals surface area (Å²) in [5, 5.41) is 11.5. The van der Waals surface area contributed by atoms with Gasteiger partial charge in [-0.2, -0.15) is 0 Å². The van der Waals surface area contributed by atoms with Gasteiger partial charge < -0.3 is 19.9 Å². The first-order valence-electron chi connectivity index (χ1n) is 8.14. The third-order valence-electron chi connectivity index (χ3n) is 3.54. The molecule has 25 heavy (non-hydrogen) atoms. The van der Waals surface area contributed by atoms with Crippen molar-refractivity contribution in [2.45, 2.75) is 45.3 Å². The molecule has 0 aliphatic heterocycles. The third-order valence-corrected chi connectivity index (χ3v) is 3.54. The predicted octanol–water partition coefficient (Wildman–Crippen LogP) is 2.52. The number of hydrogen-bond donors (Lipinski definition) is 2. The molecule has 6 nitrogen and oxygen atoms in total. The lowest BCUT2D eigenvalue weighted by Crippen LogP contribution is -2.48. The van der Waals surface area contributed by atoms with E-state index in [2.05, 4.69) is 32.7 Å². The number of hydrogen-bond acceptors (Lipinski definition) is 4. The van der Waals surface area contributed by atoms with E-state index in [0.717, 1.165) is 5.56 Å². The second-order valence-electron chi connectivity index (χ2n) is 6.76. The van der Waals surface area contributed by atoms with E-state index >= 15 is 0 Å². The van der Waals surface area contributed by atoms with Crippen LogP contribution in [0.15, 0.2) is 36.9 Å². The molecule has 1 aromatic rings. The molecule has 0 aromatic heterocycles. The second-order valence-corrected chi connectivity index (χ2v) is 6.76. The number of ether oxygens (including phenoxy) is 2. The molecule has 0 aliphatic carbocycles. The Morgan fingerprint density at radius 3 is 2.36 bits per heavy atom. The van der Waals surface area contributed by atoms with Gasteiger partial charge >= 0.3 is 5.97 Å². The highest BCUT2D eigenvalue weighted by molar-refractivity contribution is 5.86. The van der Waals surface area contributed by atoms with Crippen molar-refractivity contribution >= 4 is 11.9 Å². The lowest BCUT2D eigenvalue weighted by atomic mass is 9.87. The van der Waals surface area contributed by atoms with Crippen molar-refractivity contribution in [3.63, 3.8) is 0 Å². The first-order chi connectivity index (χ1) is 11.6. The van der Waals surface area contributed by atoms with Gasteiger partial charge in [-0.25, -0.2) is 4.79 Å². The Labute approximate surface area is 148 Å². The highest BCUT2D eigenvalue weighted by atomic mass is 16.5. The van der Waals surface area contributed by atoms with Gasteiger partial charge in [0, 0.05) is 0 Å². The van der Waals surface area contributed by atoms with E-state index < -0.39 is 24.0 Å². The number of amides is 1. The topological polar surface area (TPSA) is 84.9 Å². The van der Waals surface area contributed by atoms with Gasteiger partial charge in [-0.1, -0.05) is 39.0 Å². The van der Waals surface area contributed by atoms with Crippen molar-refractivity contribution in [3.8, 4) is 5.75 Å². The highest BCUT2D eigenvalue weighted by Crippen LogP contribution is 2.24. The van der Waals surface area contributed by atoms with Crippen LogP contribution < -0.4 is 10.1 Å². The molecule has 0 radical (unpaired) electrons. The molecule has 0 bridgehead atoms. The maximum absolute atomic E-state index is 12.1. The highest BCUT2D eigenvalue weighted by Gasteiger charge is 2.24. The number of benzene rings is 1. The van der Waals surface area contributed by atoms with Gasteiger partial charge in [0.25, 0.3) is 5.91 Å². The summed E-state index contributed by atoms with van der Waals surface area (Å²) in [5.74, 6) is -1.14. The van der Waals surface area contributed by atoms with Crippen LogP contribution in [0.2, 0.25) is 0 Å². The van der Waals surface area contributed by atoms with Crippen LogP contribution >= 0.6 is 0 Å². The standard InChI is InChI=1S/C19H27NO5/c1-6-11-24-12-16(18(22)23)20-17(21)13(2)25-15-9-7-14(8-10-15)19(3,4)5/h6-10,13,16H,1,11-12H2,2-5H3,(H,20,21)(H,22,23). The quantitative estimate of drug-likeness (QED) is 0.529. The zero-order valence-corrected chi connectivity index (χ0v) is 15.2. The normalized spacial score (nSPS) is 13.6. The van der Waals surface area contributed by atoms with Crippen LogP contribution in [0.25, 0.3) is 0 Å². The number of carbonyl (C=O) groups is 2. The lowest BCUT2D eigenvalue weighted by molar-refractivity contribution is -0.144. The minimum Gasteiger partial charge on any atom is -0.481 e. The third kappa shape index (κ3) is 6.97. The van der Waals surface area contributed by atoms with E-state index in [1.807, 2.05) is 12.1 Å². The largest absolute Gasteiger partial charge is 0.481 e. The Kier molecular flexibility index (Phi) is 7.64. The van der Waals surface area contributed by atoms with Gasteiger partial charge in [0.05, 0.1) is 13.2 Å². The van der Waals surface area contributed by atoms with Gasteiger partial charge in [0.1, 0.15) is 5.75 Å². The van der Waals surface area contributed by atoms with E-state index in [0.29, 0.717) is 5.75 Å². The maximum Gasteiger partial charge on any atom is 0.328 e. The van der Waals surface area contributed by atoms with Crippen molar-refractivity contribution < 1.29 is 24.2 Å². The van der Waals surface area contributed by atoms with Crippen molar-refractivity contribution in [2.75, 3.05) is 13.2 Å².